The fourth-order valence-corrected chi connectivity index (χ4v) is 1.57. The first-order valence-corrected chi connectivity index (χ1v) is 5.59. The normalized spacial score (nSPS) is 11.3. The number of aliphatic hydroxyl groups excluding tert-OH is 1. The molecule has 96 valence electrons. The molecule has 1 aromatic heterocycles. The first kappa shape index (κ1) is 13.5. The van der Waals surface area contributed by atoms with Crippen LogP contribution >= 0.6 is 0 Å². The predicted molar refractivity (Wildman–Crippen MR) is 68.3 cm³/mol. The van der Waals surface area contributed by atoms with Crippen LogP contribution in [0.25, 0.3) is 0 Å². The molecule has 7 nitrogen and oxygen atoms in total. The van der Waals surface area contributed by atoms with E-state index < -0.39 is 5.54 Å². The van der Waals surface area contributed by atoms with Gasteiger partial charge in [0.05, 0.1) is 12.1 Å². The van der Waals surface area contributed by atoms with Crippen molar-refractivity contribution in [2.24, 2.45) is 5.84 Å². The van der Waals surface area contributed by atoms with Crippen LogP contribution in [0.3, 0.4) is 0 Å². The highest BCUT2D eigenvalue weighted by molar-refractivity contribution is 5.51. The molecule has 0 saturated carbocycles. The van der Waals surface area contributed by atoms with Crippen molar-refractivity contribution in [1.29, 1.82) is 0 Å². The van der Waals surface area contributed by atoms with Gasteiger partial charge in [-0.25, -0.2) is 5.84 Å². The van der Waals surface area contributed by atoms with Crippen molar-refractivity contribution in [1.82, 2.24) is 9.97 Å². The molecular weight excluding hydrogens is 220 g/mol. The third-order valence-corrected chi connectivity index (χ3v) is 2.94. The third-order valence-electron chi connectivity index (χ3n) is 2.94. The average molecular weight is 240 g/mol. The van der Waals surface area contributed by atoms with E-state index in [9.17, 15) is 5.11 Å². The number of anilines is 3. The van der Waals surface area contributed by atoms with Gasteiger partial charge in [-0.15, -0.1) is 0 Å². The lowest BCUT2D eigenvalue weighted by Gasteiger charge is -2.31. The van der Waals surface area contributed by atoms with E-state index in [-0.39, 0.29) is 12.6 Å². The van der Waals surface area contributed by atoms with E-state index in [1.165, 1.54) is 0 Å². The lowest BCUT2D eigenvalue weighted by Crippen LogP contribution is -2.41. The molecule has 0 unspecified atom stereocenters. The number of nitrogens with zero attached hydrogens (tertiary/aromatic N) is 2. The predicted octanol–water partition coefficient (Wildman–Crippen LogP) is 0.307. The van der Waals surface area contributed by atoms with E-state index in [0.717, 1.165) is 12.8 Å². The van der Waals surface area contributed by atoms with Gasteiger partial charge in [0, 0.05) is 6.07 Å². The summed E-state index contributed by atoms with van der Waals surface area (Å²) < 4.78 is 0. The summed E-state index contributed by atoms with van der Waals surface area (Å²) in [5.41, 5.74) is 7.58. The highest BCUT2D eigenvalue weighted by Gasteiger charge is 2.25. The van der Waals surface area contributed by atoms with Crippen LogP contribution in [0.4, 0.5) is 17.6 Å². The molecule has 0 saturated heterocycles. The summed E-state index contributed by atoms with van der Waals surface area (Å²) in [5.74, 6) is 6.38. The number of nitrogens with one attached hydrogen (secondary N) is 2. The first-order valence-electron chi connectivity index (χ1n) is 5.59. The van der Waals surface area contributed by atoms with Crippen molar-refractivity contribution in [2.45, 2.75) is 32.2 Å². The Balaban J connectivity index is 2.96. The van der Waals surface area contributed by atoms with Crippen molar-refractivity contribution in [3.05, 3.63) is 6.07 Å². The Bertz CT molecular complexity index is 358. The molecule has 1 aromatic rings. The van der Waals surface area contributed by atoms with Gasteiger partial charge >= 0.3 is 0 Å². The summed E-state index contributed by atoms with van der Waals surface area (Å²) in [6, 6.07) is 1.64. The van der Waals surface area contributed by atoms with Gasteiger partial charge in [0.15, 0.2) is 0 Å². The zero-order valence-corrected chi connectivity index (χ0v) is 10.2. The van der Waals surface area contributed by atoms with Gasteiger partial charge in [0.25, 0.3) is 0 Å². The van der Waals surface area contributed by atoms with E-state index in [2.05, 4.69) is 20.7 Å². The second kappa shape index (κ2) is 5.65. The van der Waals surface area contributed by atoms with Crippen LogP contribution in [0.5, 0.6) is 0 Å². The summed E-state index contributed by atoms with van der Waals surface area (Å²) in [4.78, 5) is 7.95. The smallest absolute Gasteiger partial charge is 0.223 e. The van der Waals surface area contributed by atoms with Gasteiger partial charge in [-0.2, -0.15) is 9.97 Å². The van der Waals surface area contributed by atoms with E-state index in [0.29, 0.717) is 11.6 Å². The largest absolute Gasteiger partial charge is 0.394 e. The van der Waals surface area contributed by atoms with Gasteiger partial charge in [0.2, 0.25) is 5.95 Å². The molecular formula is C10H20N6O. The molecule has 0 fully saturated rings. The number of aliphatic hydroxyl groups is 1. The van der Waals surface area contributed by atoms with Crippen LogP contribution in [0.2, 0.25) is 0 Å². The van der Waals surface area contributed by atoms with Crippen LogP contribution in [0, 0.1) is 0 Å². The fourth-order valence-electron chi connectivity index (χ4n) is 1.57. The topological polar surface area (TPSA) is 122 Å². The Hall–Kier alpha value is -1.60. The molecule has 0 spiro atoms. The van der Waals surface area contributed by atoms with E-state index in [1.54, 1.807) is 6.07 Å². The van der Waals surface area contributed by atoms with Crippen LogP contribution < -0.4 is 22.3 Å². The zero-order valence-electron chi connectivity index (χ0n) is 10.2. The highest BCUT2D eigenvalue weighted by Crippen LogP contribution is 2.22. The second-order valence-electron chi connectivity index (χ2n) is 3.91. The molecule has 0 aliphatic heterocycles. The summed E-state index contributed by atoms with van der Waals surface area (Å²) >= 11 is 0. The van der Waals surface area contributed by atoms with Crippen molar-refractivity contribution in [3.8, 4) is 0 Å². The van der Waals surface area contributed by atoms with Gasteiger partial charge in [0.1, 0.15) is 11.6 Å². The Morgan fingerprint density at radius 1 is 1.29 bits per heavy atom. The lowest BCUT2D eigenvalue weighted by molar-refractivity contribution is 0.202. The summed E-state index contributed by atoms with van der Waals surface area (Å²) in [6.07, 6.45) is 1.55. The number of aromatic nitrogens is 2. The third kappa shape index (κ3) is 3.18. The molecule has 0 aliphatic carbocycles. The number of nitrogen functional groups attached to an aromatic ring is 2. The Labute approximate surface area is 101 Å². The second-order valence-corrected chi connectivity index (χ2v) is 3.91. The maximum Gasteiger partial charge on any atom is 0.223 e. The fraction of sp³-hybridized carbons (Fsp3) is 0.600. The van der Waals surface area contributed by atoms with Gasteiger partial charge in [-0.05, 0) is 12.8 Å². The van der Waals surface area contributed by atoms with Crippen molar-refractivity contribution >= 4 is 17.6 Å². The van der Waals surface area contributed by atoms with Gasteiger partial charge in [-0.1, -0.05) is 13.8 Å². The molecule has 1 heterocycles. The minimum absolute atomic E-state index is 0.0231. The molecule has 0 aromatic carbocycles. The lowest BCUT2D eigenvalue weighted by atomic mass is 9.94. The number of rotatable bonds is 6. The number of hydrogen-bond acceptors (Lipinski definition) is 7. The van der Waals surface area contributed by atoms with E-state index >= 15 is 0 Å². The number of nitrogens with two attached hydrogens (primary N) is 2. The van der Waals surface area contributed by atoms with Crippen LogP contribution in [-0.4, -0.2) is 27.2 Å². The number of hydrogen-bond donors (Lipinski definition) is 5. The van der Waals surface area contributed by atoms with Crippen LogP contribution in [0.15, 0.2) is 6.07 Å². The SMILES string of the molecule is CCC(CC)(CO)Nc1cc(NN)nc(N)n1. The molecule has 7 N–H and O–H groups in total. The van der Waals surface area contributed by atoms with Crippen LogP contribution in [-0.2, 0) is 0 Å². The first-order chi connectivity index (χ1) is 8.09. The monoisotopic (exact) mass is 240 g/mol. The molecule has 0 amide bonds. The van der Waals surface area contributed by atoms with Gasteiger partial charge in [-0.3, -0.25) is 0 Å². The Morgan fingerprint density at radius 3 is 2.35 bits per heavy atom. The summed E-state index contributed by atoms with van der Waals surface area (Å²) in [5, 5.41) is 12.6. The molecule has 17 heavy (non-hydrogen) atoms. The summed E-state index contributed by atoms with van der Waals surface area (Å²) in [7, 11) is 0. The van der Waals surface area contributed by atoms with Crippen molar-refractivity contribution in [2.75, 3.05) is 23.1 Å². The molecule has 0 aliphatic rings. The molecule has 0 bridgehead atoms. The zero-order chi connectivity index (χ0) is 12.9. The van der Waals surface area contributed by atoms with E-state index in [1.807, 2.05) is 13.8 Å². The van der Waals surface area contributed by atoms with E-state index in [4.69, 9.17) is 11.6 Å². The highest BCUT2D eigenvalue weighted by atomic mass is 16.3. The molecule has 7 heteroatoms. The minimum atomic E-state index is -0.396. The Morgan fingerprint density at radius 2 is 1.88 bits per heavy atom. The van der Waals surface area contributed by atoms with Crippen molar-refractivity contribution in [3.63, 3.8) is 0 Å². The molecule has 0 radical (unpaired) electrons. The summed E-state index contributed by atoms with van der Waals surface area (Å²) in [6.45, 7) is 4.02. The molecule has 1 rings (SSSR count). The van der Waals surface area contributed by atoms with Gasteiger partial charge < -0.3 is 21.6 Å². The average Bonchev–Trinajstić information content (AvgIpc) is 2.35. The quantitative estimate of drug-likeness (QED) is 0.358. The Kier molecular flexibility index (Phi) is 4.47. The maximum atomic E-state index is 9.46. The minimum Gasteiger partial charge on any atom is -0.394 e. The maximum absolute atomic E-state index is 9.46. The van der Waals surface area contributed by atoms with Crippen molar-refractivity contribution < 1.29 is 5.11 Å². The number of hydrazine groups is 1. The molecule has 0 atom stereocenters. The van der Waals surface area contributed by atoms with Crippen LogP contribution in [0.1, 0.15) is 26.7 Å². The standard InChI is InChI=1S/C10H20N6O/c1-3-10(4-2,6-17)15-7-5-8(16-12)14-9(11)13-7/h5,17H,3-4,6,12H2,1-2H3,(H4,11,13,14,15,16).